The van der Waals surface area contributed by atoms with Crippen molar-refractivity contribution in [3.8, 4) is 0 Å². The SMILES string of the molecule is O=C(c1ccc(Cn2ccc3cc(Cl)ccc32)cc1)N1CC[C@H](N2CCCC2)C1. The highest BCUT2D eigenvalue weighted by Crippen LogP contribution is 2.23. The summed E-state index contributed by atoms with van der Waals surface area (Å²) in [6.45, 7) is 4.92. The van der Waals surface area contributed by atoms with Crippen LogP contribution in [0, 0.1) is 0 Å². The van der Waals surface area contributed by atoms with Crippen molar-refractivity contribution in [2.24, 2.45) is 0 Å². The summed E-state index contributed by atoms with van der Waals surface area (Å²) >= 11 is 6.09. The Morgan fingerprint density at radius 2 is 1.79 bits per heavy atom. The third-order valence-corrected chi connectivity index (χ3v) is 6.63. The summed E-state index contributed by atoms with van der Waals surface area (Å²) in [7, 11) is 0. The molecular weight excluding hydrogens is 382 g/mol. The van der Waals surface area contributed by atoms with E-state index >= 15 is 0 Å². The van der Waals surface area contributed by atoms with Crippen LogP contribution in [0.4, 0.5) is 0 Å². The number of carbonyl (C=O) groups excluding carboxylic acids is 1. The minimum absolute atomic E-state index is 0.166. The molecular formula is C24H26ClN3O. The van der Waals surface area contributed by atoms with Gasteiger partial charge in [-0.05, 0) is 74.3 Å². The van der Waals surface area contributed by atoms with Crippen LogP contribution in [0.15, 0.2) is 54.7 Å². The van der Waals surface area contributed by atoms with E-state index in [1.807, 2.05) is 29.2 Å². The van der Waals surface area contributed by atoms with Gasteiger partial charge < -0.3 is 9.47 Å². The van der Waals surface area contributed by atoms with E-state index in [1.165, 1.54) is 37.0 Å². The summed E-state index contributed by atoms with van der Waals surface area (Å²) in [5.41, 5.74) is 3.14. The molecule has 150 valence electrons. The van der Waals surface area contributed by atoms with E-state index in [4.69, 9.17) is 11.6 Å². The molecule has 0 bridgehead atoms. The first kappa shape index (κ1) is 18.7. The highest BCUT2D eigenvalue weighted by Gasteiger charge is 2.31. The third kappa shape index (κ3) is 3.79. The normalized spacial score (nSPS) is 20.0. The Morgan fingerprint density at radius 3 is 2.59 bits per heavy atom. The lowest BCUT2D eigenvalue weighted by atomic mass is 10.1. The Hall–Kier alpha value is -2.30. The highest BCUT2D eigenvalue weighted by molar-refractivity contribution is 6.31. The van der Waals surface area contributed by atoms with Gasteiger partial charge in [0.2, 0.25) is 0 Å². The summed E-state index contributed by atoms with van der Waals surface area (Å²) in [6.07, 6.45) is 5.79. The van der Waals surface area contributed by atoms with Crippen LogP contribution >= 0.6 is 11.6 Å². The van der Waals surface area contributed by atoms with Crippen molar-refractivity contribution in [2.75, 3.05) is 26.2 Å². The van der Waals surface area contributed by atoms with E-state index < -0.39 is 0 Å². The predicted molar refractivity (Wildman–Crippen MR) is 118 cm³/mol. The lowest BCUT2D eigenvalue weighted by Crippen LogP contribution is -2.37. The van der Waals surface area contributed by atoms with Gasteiger partial charge in [0.1, 0.15) is 0 Å². The quantitative estimate of drug-likeness (QED) is 0.629. The van der Waals surface area contributed by atoms with Gasteiger partial charge in [0, 0.05) is 53.4 Å². The molecule has 1 amide bonds. The standard InChI is InChI=1S/C24H26ClN3O/c25-21-7-8-23-20(15-21)9-13-27(23)16-18-3-5-19(6-4-18)24(29)28-14-10-22(17-28)26-11-1-2-12-26/h3-9,13,15,22H,1-2,10-12,14,16-17H2/t22-/m0/s1. The summed E-state index contributed by atoms with van der Waals surface area (Å²) in [5.74, 6) is 0.166. The van der Waals surface area contributed by atoms with E-state index in [0.29, 0.717) is 6.04 Å². The Balaban J connectivity index is 1.25. The second kappa shape index (κ2) is 7.85. The number of halogens is 1. The van der Waals surface area contributed by atoms with E-state index in [-0.39, 0.29) is 5.91 Å². The number of hydrogen-bond acceptors (Lipinski definition) is 2. The molecule has 0 radical (unpaired) electrons. The van der Waals surface area contributed by atoms with E-state index in [1.54, 1.807) is 0 Å². The van der Waals surface area contributed by atoms with Gasteiger partial charge in [-0.1, -0.05) is 23.7 Å². The van der Waals surface area contributed by atoms with Crippen molar-refractivity contribution in [1.82, 2.24) is 14.4 Å². The topological polar surface area (TPSA) is 28.5 Å². The maximum atomic E-state index is 12.9. The van der Waals surface area contributed by atoms with Crippen LogP contribution in [0.2, 0.25) is 5.02 Å². The van der Waals surface area contributed by atoms with Crippen LogP contribution in [-0.4, -0.2) is 52.5 Å². The first-order valence-electron chi connectivity index (χ1n) is 10.5. The average Bonchev–Trinajstić information content (AvgIpc) is 3.49. The van der Waals surface area contributed by atoms with Crippen LogP contribution in [0.5, 0.6) is 0 Å². The van der Waals surface area contributed by atoms with Gasteiger partial charge in [-0.15, -0.1) is 0 Å². The fraction of sp³-hybridized carbons (Fsp3) is 0.375. The Kier molecular flexibility index (Phi) is 5.06. The summed E-state index contributed by atoms with van der Waals surface area (Å²) in [5, 5.41) is 1.90. The van der Waals surface area contributed by atoms with E-state index in [0.717, 1.165) is 42.0 Å². The van der Waals surface area contributed by atoms with Gasteiger partial charge in [-0.3, -0.25) is 9.69 Å². The van der Waals surface area contributed by atoms with Gasteiger partial charge in [0.25, 0.3) is 5.91 Å². The third-order valence-electron chi connectivity index (χ3n) is 6.39. The molecule has 2 aromatic carbocycles. The van der Waals surface area contributed by atoms with Crippen molar-refractivity contribution in [3.63, 3.8) is 0 Å². The number of hydrogen-bond donors (Lipinski definition) is 0. The molecule has 5 rings (SSSR count). The molecule has 2 aliphatic heterocycles. The number of rotatable bonds is 4. The highest BCUT2D eigenvalue weighted by atomic mass is 35.5. The maximum Gasteiger partial charge on any atom is 0.253 e. The minimum atomic E-state index is 0.166. The van der Waals surface area contributed by atoms with Gasteiger partial charge in [-0.25, -0.2) is 0 Å². The first-order valence-corrected chi connectivity index (χ1v) is 10.9. The first-order chi connectivity index (χ1) is 14.2. The van der Waals surface area contributed by atoms with Crippen LogP contribution in [0.1, 0.15) is 35.2 Å². The molecule has 2 saturated heterocycles. The zero-order valence-corrected chi connectivity index (χ0v) is 17.3. The lowest BCUT2D eigenvalue weighted by molar-refractivity contribution is 0.0780. The van der Waals surface area contributed by atoms with E-state index in [9.17, 15) is 4.79 Å². The minimum Gasteiger partial charge on any atom is -0.343 e. The molecule has 29 heavy (non-hydrogen) atoms. The second-order valence-corrected chi connectivity index (χ2v) is 8.72. The number of benzene rings is 2. The van der Waals surface area contributed by atoms with Crippen molar-refractivity contribution in [1.29, 1.82) is 0 Å². The molecule has 0 saturated carbocycles. The smallest absolute Gasteiger partial charge is 0.253 e. The Labute approximate surface area is 176 Å². The number of carbonyl (C=O) groups is 1. The lowest BCUT2D eigenvalue weighted by Gasteiger charge is -2.23. The van der Waals surface area contributed by atoms with Crippen molar-refractivity contribution < 1.29 is 4.79 Å². The molecule has 4 nitrogen and oxygen atoms in total. The maximum absolute atomic E-state index is 12.9. The summed E-state index contributed by atoms with van der Waals surface area (Å²) in [6, 6.07) is 16.7. The monoisotopic (exact) mass is 407 g/mol. The molecule has 2 aliphatic rings. The molecule has 0 N–H and O–H groups in total. The largest absolute Gasteiger partial charge is 0.343 e. The molecule has 5 heteroatoms. The predicted octanol–water partition coefficient (Wildman–Crippen LogP) is 4.65. The van der Waals surface area contributed by atoms with Crippen molar-refractivity contribution >= 4 is 28.4 Å². The summed E-state index contributed by atoms with van der Waals surface area (Å²) in [4.78, 5) is 17.5. The van der Waals surface area contributed by atoms with Crippen molar-refractivity contribution in [2.45, 2.75) is 31.8 Å². The number of likely N-dealkylation sites (tertiary alicyclic amines) is 2. The zero-order chi connectivity index (χ0) is 19.8. The van der Waals surface area contributed by atoms with Crippen LogP contribution in [0.3, 0.4) is 0 Å². The zero-order valence-electron chi connectivity index (χ0n) is 16.6. The van der Waals surface area contributed by atoms with Gasteiger partial charge in [0.05, 0.1) is 0 Å². The fourth-order valence-corrected chi connectivity index (χ4v) is 4.95. The fourth-order valence-electron chi connectivity index (χ4n) is 4.77. The second-order valence-electron chi connectivity index (χ2n) is 8.28. The van der Waals surface area contributed by atoms with Gasteiger partial charge in [-0.2, -0.15) is 0 Å². The molecule has 2 fully saturated rings. The Morgan fingerprint density at radius 1 is 1.00 bits per heavy atom. The average molecular weight is 408 g/mol. The van der Waals surface area contributed by atoms with Crippen LogP contribution in [-0.2, 0) is 6.54 Å². The Bertz CT molecular complexity index is 1020. The van der Waals surface area contributed by atoms with E-state index in [2.05, 4.69) is 39.9 Å². The molecule has 3 aromatic rings. The van der Waals surface area contributed by atoms with Crippen molar-refractivity contribution in [3.05, 3.63) is 70.9 Å². The number of amides is 1. The molecule has 0 spiro atoms. The molecule has 1 aromatic heterocycles. The van der Waals surface area contributed by atoms with Crippen LogP contribution < -0.4 is 0 Å². The summed E-state index contributed by atoms with van der Waals surface area (Å²) < 4.78 is 2.21. The van der Waals surface area contributed by atoms with Crippen LogP contribution in [0.25, 0.3) is 10.9 Å². The molecule has 3 heterocycles. The molecule has 0 unspecified atom stereocenters. The molecule has 0 aliphatic carbocycles. The number of fused-ring (bicyclic) bond motifs is 1. The van der Waals surface area contributed by atoms with Gasteiger partial charge >= 0.3 is 0 Å². The number of aromatic nitrogens is 1. The number of nitrogens with zero attached hydrogens (tertiary/aromatic N) is 3. The molecule has 1 atom stereocenters. The van der Waals surface area contributed by atoms with Gasteiger partial charge in [0.15, 0.2) is 0 Å².